The molecule has 0 aromatic heterocycles. The molecule has 1 aliphatic rings. The van der Waals surface area contributed by atoms with Crippen molar-refractivity contribution in [2.24, 2.45) is 5.92 Å². The molecule has 0 radical (unpaired) electrons. The van der Waals surface area contributed by atoms with Crippen LogP contribution in [0.5, 0.6) is 0 Å². The summed E-state index contributed by atoms with van der Waals surface area (Å²) in [5.41, 5.74) is 0. The highest BCUT2D eigenvalue weighted by atomic mass is 28.5. The Labute approximate surface area is 165 Å². The second-order valence-electron chi connectivity index (χ2n) is 9.23. The number of alkyl halides is 3. The van der Waals surface area contributed by atoms with Gasteiger partial charge in [-0.2, -0.15) is 13.2 Å². The average molecular weight is 447 g/mol. The summed E-state index contributed by atoms with van der Waals surface area (Å²) in [7, 11) is -7.49. The zero-order valence-corrected chi connectivity index (χ0v) is 20.9. The first-order valence-electron chi connectivity index (χ1n) is 9.75. The van der Waals surface area contributed by atoms with E-state index in [4.69, 9.17) is 17.7 Å². The Morgan fingerprint density at radius 1 is 0.852 bits per heavy atom. The van der Waals surface area contributed by atoms with Crippen molar-refractivity contribution in [1.29, 1.82) is 0 Å². The first-order chi connectivity index (χ1) is 12.2. The van der Waals surface area contributed by atoms with Crippen LogP contribution in [0.1, 0.15) is 25.7 Å². The summed E-state index contributed by atoms with van der Waals surface area (Å²) >= 11 is 0. The van der Waals surface area contributed by atoms with Crippen LogP contribution < -0.4 is 0 Å². The van der Waals surface area contributed by atoms with Crippen molar-refractivity contribution >= 4 is 25.2 Å². The van der Waals surface area contributed by atoms with Gasteiger partial charge in [0.15, 0.2) is 16.6 Å². The molecule has 0 aliphatic heterocycles. The number of hydrogen-bond donors (Lipinski definition) is 0. The fourth-order valence-corrected chi connectivity index (χ4v) is 16.3. The molecule has 10 heteroatoms. The molecule has 0 aromatic rings. The maximum atomic E-state index is 13.8. The third-order valence-corrected chi connectivity index (χ3v) is 15.1. The van der Waals surface area contributed by atoms with Crippen LogP contribution in [-0.2, 0) is 17.7 Å². The third kappa shape index (κ3) is 9.09. The Morgan fingerprint density at radius 3 is 1.85 bits per heavy atom. The second-order valence-corrected chi connectivity index (χ2v) is 21.5. The van der Waals surface area contributed by atoms with Crippen molar-refractivity contribution in [3.8, 4) is 0 Å². The van der Waals surface area contributed by atoms with Gasteiger partial charge in [-0.3, -0.25) is 0 Å². The number of rotatable bonds is 10. The predicted octanol–water partition coefficient (Wildman–Crippen LogP) is 5.45. The quantitative estimate of drug-likeness (QED) is 0.330. The summed E-state index contributed by atoms with van der Waals surface area (Å²) in [6.07, 6.45) is 4.12. The second kappa shape index (κ2) is 9.86. The molecule has 1 atom stereocenters. The van der Waals surface area contributed by atoms with Crippen LogP contribution in [0, 0.1) is 5.92 Å². The molecule has 1 aliphatic carbocycles. The zero-order chi connectivity index (χ0) is 20.9. The summed E-state index contributed by atoms with van der Waals surface area (Å²) in [6.45, 7) is 11.5. The first-order valence-corrected chi connectivity index (χ1v) is 18.6. The van der Waals surface area contributed by atoms with Crippen LogP contribution in [0.25, 0.3) is 0 Å². The Hall–Kier alpha value is 0.281. The minimum atomic E-state index is -4.41. The summed E-state index contributed by atoms with van der Waals surface area (Å²) in [4.78, 5) is 0. The number of hydrogen-bond acceptors (Lipinski definition) is 4. The molecule has 1 unspecified atom stereocenters. The molecule has 0 bridgehead atoms. The normalized spacial score (nSPS) is 24.7. The lowest BCUT2D eigenvalue weighted by molar-refractivity contribution is -0.0820. The van der Waals surface area contributed by atoms with Gasteiger partial charge >= 0.3 is 14.4 Å². The lowest BCUT2D eigenvalue weighted by atomic mass is 9.89. The average Bonchev–Trinajstić information content (AvgIpc) is 2.45. The Balaban J connectivity index is 2.63. The van der Waals surface area contributed by atoms with E-state index in [0.717, 1.165) is 31.7 Å². The molecule has 1 rings (SSSR count). The first kappa shape index (κ1) is 25.3. The Morgan fingerprint density at radius 2 is 1.41 bits per heavy atom. The monoisotopic (exact) mass is 446 g/mol. The highest BCUT2D eigenvalue weighted by Crippen LogP contribution is 2.39. The van der Waals surface area contributed by atoms with E-state index in [1.807, 2.05) is 13.1 Å². The SMILES string of the molecule is COCCOC1CCC(C[Si](C)(C)O[Si](C)(O[Si](C)(C)C)C(F)(F)F)CC1. The van der Waals surface area contributed by atoms with Crippen molar-refractivity contribution in [3.05, 3.63) is 0 Å². The molecule has 4 nitrogen and oxygen atoms in total. The maximum absolute atomic E-state index is 13.8. The molecule has 0 amide bonds. The molecule has 0 aromatic carbocycles. The Kier molecular flexibility index (Phi) is 9.24. The van der Waals surface area contributed by atoms with Gasteiger partial charge in [-0.25, -0.2) is 0 Å². The Bertz CT molecular complexity index is 450. The van der Waals surface area contributed by atoms with Gasteiger partial charge in [0.05, 0.1) is 19.3 Å². The number of halogens is 3. The van der Waals surface area contributed by atoms with Crippen molar-refractivity contribution in [2.45, 2.75) is 82.9 Å². The lowest BCUT2D eigenvalue weighted by Crippen LogP contribution is -2.62. The molecule has 0 saturated heterocycles. The molecular weight excluding hydrogens is 409 g/mol. The molecule has 0 heterocycles. The highest BCUT2D eigenvalue weighted by Gasteiger charge is 2.62. The van der Waals surface area contributed by atoms with Crippen LogP contribution in [0.2, 0.25) is 45.3 Å². The summed E-state index contributed by atoms with van der Waals surface area (Å²) in [5, 5.41) is 0. The fourth-order valence-electron chi connectivity index (χ4n) is 3.79. The molecule has 1 fully saturated rings. The molecule has 162 valence electrons. The molecule has 0 spiro atoms. The van der Waals surface area contributed by atoms with E-state index >= 15 is 0 Å². The van der Waals surface area contributed by atoms with Gasteiger partial charge in [0.2, 0.25) is 0 Å². The van der Waals surface area contributed by atoms with Gasteiger partial charge in [0.1, 0.15) is 0 Å². The van der Waals surface area contributed by atoms with E-state index in [1.54, 1.807) is 26.8 Å². The molecular formula is C17H37F3O4Si3. The van der Waals surface area contributed by atoms with Crippen LogP contribution in [-0.4, -0.2) is 57.4 Å². The van der Waals surface area contributed by atoms with Crippen LogP contribution in [0.15, 0.2) is 0 Å². The number of methoxy groups -OCH3 is 1. The minimum absolute atomic E-state index is 0.243. The standard InChI is InChI=1S/C17H37F3O4Si3/c1-21-12-13-22-16-10-8-15(9-11-16)14-26(5,6)24-27(7,17(18,19)20)23-25(2,3)4/h15-16H,8-14H2,1-7H3. The van der Waals surface area contributed by atoms with Crippen molar-refractivity contribution in [1.82, 2.24) is 0 Å². The predicted molar refractivity (Wildman–Crippen MR) is 109 cm³/mol. The third-order valence-electron chi connectivity index (χ3n) is 4.70. The van der Waals surface area contributed by atoms with E-state index in [-0.39, 0.29) is 6.10 Å². The highest BCUT2D eigenvalue weighted by molar-refractivity contribution is 6.88. The fraction of sp³-hybridized carbons (Fsp3) is 1.00. The van der Waals surface area contributed by atoms with Crippen LogP contribution in [0.3, 0.4) is 0 Å². The van der Waals surface area contributed by atoms with Crippen LogP contribution >= 0.6 is 0 Å². The maximum Gasteiger partial charge on any atom is 0.435 e. The van der Waals surface area contributed by atoms with Gasteiger partial charge < -0.3 is 17.7 Å². The van der Waals surface area contributed by atoms with E-state index in [1.165, 1.54) is 6.55 Å². The minimum Gasteiger partial charge on any atom is -0.431 e. The summed E-state index contributed by atoms with van der Waals surface area (Å²) < 4.78 is 63.6. The van der Waals surface area contributed by atoms with E-state index in [2.05, 4.69) is 0 Å². The van der Waals surface area contributed by atoms with Crippen molar-refractivity contribution in [2.75, 3.05) is 20.3 Å². The van der Waals surface area contributed by atoms with E-state index < -0.39 is 31.0 Å². The largest absolute Gasteiger partial charge is 0.435 e. The van der Waals surface area contributed by atoms with Crippen molar-refractivity contribution < 1.29 is 30.9 Å². The summed E-state index contributed by atoms with van der Waals surface area (Å²) in [6, 6.07) is 0.742. The lowest BCUT2D eigenvalue weighted by Gasteiger charge is -2.41. The topological polar surface area (TPSA) is 36.9 Å². The van der Waals surface area contributed by atoms with E-state index in [9.17, 15) is 13.2 Å². The number of ether oxygens (including phenoxy) is 2. The van der Waals surface area contributed by atoms with Gasteiger partial charge in [-0.15, -0.1) is 0 Å². The smallest absolute Gasteiger partial charge is 0.431 e. The molecule has 0 N–H and O–H groups in total. The van der Waals surface area contributed by atoms with Crippen LogP contribution in [0.4, 0.5) is 13.2 Å². The summed E-state index contributed by atoms with van der Waals surface area (Å²) in [5.74, 6) is -4.00. The van der Waals surface area contributed by atoms with E-state index in [0.29, 0.717) is 19.1 Å². The zero-order valence-electron chi connectivity index (χ0n) is 17.9. The van der Waals surface area contributed by atoms with Crippen molar-refractivity contribution in [3.63, 3.8) is 0 Å². The molecule has 27 heavy (non-hydrogen) atoms. The molecule has 1 saturated carbocycles. The van der Waals surface area contributed by atoms with Gasteiger partial charge in [0.25, 0.3) is 0 Å². The van der Waals surface area contributed by atoms with Gasteiger partial charge in [-0.1, -0.05) is 0 Å². The van der Waals surface area contributed by atoms with Gasteiger partial charge in [0, 0.05) is 7.11 Å². The van der Waals surface area contributed by atoms with Gasteiger partial charge in [-0.05, 0) is 76.9 Å².